The van der Waals surface area contributed by atoms with E-state index in [4.69, 9.17) is 0 Å². The quantitative estimate of drug-likeness (QED) is 0.897. The molecule has 2 aromatic heterocycles. The van der Waals surface area contributed by atoms with Crippen molar-refractivity contribution in [2.24, 2.45) is 0 Å². The zero-order valence-corrected chi connectivity index (χ0v) is 10.2. The van der Waals surface area contributed by atoms with E-state index in [2.05, 4.69) is 16.0 Å². The van der Waals surface area contributed by atoms with E-state index in [-0.39, 0.29) is 5.41 Å². The van der Waals surface area contributed by atoms with Crippen molar-refractivity contribution in [1.29, 1.82) is 0 Å². The highest BCUT2D eigenvalue weighted by Gasteiger charge is 2.46. The van der Waals surface area contributed by atoms with Crippen LogP contribution in [0.5, 0.6) is 0 Å². The van der Waals surface area contributed by atoms with Crippen molar-refractivity contribution >= 4 is 0 Å². The molecule has 92 valence electrons. The summed E-state index contributed by atoms with van der Waals surface area (Å²) in [4.78, 5) is 8.46. The van der Waals surface area contributed by atoms with Gasteiger partial charge in [0, 0.05) is 24.0 Å². The van der Waals surface area contributed by atoms with Crippen LogP contribution in [-0.2, 0) is 5.41 Å². The number of nitrogens with zero attached hydrogens (tertiary/aromatic N) is 2. The molecule has 3 heteroatoms. The van der Waals surface area contributed by atoms with Crippen LogP contribution in [0.3, 0.4) is 0 Å². The summed E-state index contributed by atoms with van der Waals surface area (Å²) in [7, 11) is 0. The molecule has 0 amide bonds. The maximum absolute atomic E-state index is 10.7. The normalized spacial score (nSPS) is 18.9. The lowest BCUT2D eigenvalue weighted by Crippen LogP contribution is -2.40. The molecular weight excluding hydrogens is 224 g/mol. The van der Waals surface area contributed by atoms with Gasteiger partial charge >= 0.3 is 0 Å². The highest BCUT2D eigenvalue weighted by atomic mass is 16.3. The van der Waals surface area contributed by atoms with Crippen LogP contribution in [0.2, 0.25) is 0 Å². The van der Waals surface area contributed by atoms with Gasteiger partial charge < -0.3 is 5.11 Å². The van der Waals surface area contributed by atoms with E-state index in [0.717, 1.165) is 30.5 Å². The molecule has 0 aromatic carbocycles. The molecule has 0 saturated heterocycles. The van der Waals surface area contributed by atoms with Crippen molar-refractivity contribution in [3.8, 4) is 0 Å². The van der Waals surface area contributed by atoms with Crippen LogP contribution in [0.4, 0.5) is 0 Å². The first-order valence-corrected chi connectivity index (χ1v) is 6.32. The lowest BCUT2D eigenvalue weighted by atomic mass is 9.61. The highest BCUT2D eigenvalue weighted by Crippen LogP contribution is 2.51. The number of aliphatic hydroxyl groups excluding tert-OH is 1. The molecule has 0 radical (unpaired) electrons. The summed E-state index contributed by atoms with van der Waals surface area (Å²) in [6, 6.07) is 9.66. The maximum atomic E-state index is 10.7. The molecule has 1 unspecified atom stereocenters. The van der Waals surface area contributed by atoms with Gasteiger partial charge in [0.25, 0.3) is 0 Å². The minimum atomic E-state index is -0.545. The van der Waals surface area contributed by atoms with Crippen LogP contribution >= 0.6 is 0 Å². The molecule has 1 saturated carbocycles. The molecular formula is C15H16N2O. The first-order valence-electron chi connectivity index (χ1n) is 6.32. The zero-order valence-electron chi connectivity index (χ0n) is 10.2. The molecule has 1 atom stereocenters. The van der Waals surface area contributed by atoms with E-state index >= 15 is 0 Å². The number of aromatic nitrogens is 2. The first-order chi connectivity index (χ1) is 8.83. The standard InChI is InChI=1S/C15H16N2O/c18-14(13-6-1-2-10-17-13)15(7-4-8-15)12-5-3-9-16-11-12/h1-3,5-6,9-11,14,18H,4,7-8H2. The van der Waals surface area contributed by atoms with Crippen molar-refractivity contribution in [2.75, 3.05) is 0 Å². The van der Waals surface area contributed by atoms with Crippen LogP contribution in [0, 0.1) is 0 Å². The van der Waals surface area contributed by atoms with Gasteiger partial charge in [-0.25, -0.2) is 0 Å². The van der Waals surface area contributed by atoms with Gasteiger partial charge in [-0.3, -0.25) is 9.97 Å². The third-order valence-corrected chi connectivity index (χ3v) is 3.97. The van der Waals surface area contributed by atoms with Gasteiger partial charge in [0.2, 0.25) is 0 Å². The Morgan fingerprint density at radius 2 is 2.00 bits per heavy atom. The van der Waals surface area contributed by atoms with Crippen molar-refractivity contribution in [3.63, 3.8) is 0 Å². The third-order valence-electron chi connectivity index (χ3n) is 3.97. The SMILES string of the molecule is OC(c1ccccn1)C1(c2cccnc2)CCC1. The Kier molecular flexibility index (Phi) is 2.84. The zero-order chi connectivity index (χ0) is 12.4. The molecule has 1 aliphatic carbocycles. The second-order valence-electron chi connectivity index (χ2n) is 4.91. The lowest BCUT2D eigenvalue weighted by Gasteiger charge is -2.45. The minimum Gasteiger partial charge on any atom is -0.386 e. The van der Waals surface area contributed by atoms with Crippen LogP contribution < -0.4 is 0 Å². The summed E-state index contributed by atoms with van der Waals surface area (Å²) in [6.45, 7) is 0. The predicted molar refractivity (Wildman–Crippen MR) is 69.0 cm³/mol. The van der Waals surface area contributed by atoms with E-state index in [0.29, 0.717) is 0 Å². The van der Waals surface area contributed by atoms with Crippen LogP contribution in [-0.4, -0.2) is 15.1 Å². The molecule has 0 spiro atoms. The minimum absolute atomic E-state index is 0.192. The number of aliphatic hydroxyl groups is 1. The second kappa shape index (κ2) is 4.50. The van der Waals surface area contributed by atoms with Gasteiger partial charge in [0.05, 0.1) is 5.69 Å². The largest absolute Gasteiger partial charge is 0.386 e. The monoisotopic (exact) mass is 240 g/mol. The average molecular weight is 240 g/mol. The fourth-order valence-electron chi connectivity index (χ4n) is 2.76. The summed E-state index contributed by atoms with van der Waals surface area (Å²) in [5.74, 6) is 0. The topological polar surface area (TPSA) is 46.0 Å². The molecule has 3 nitrogen and oxygen atoms in total. The van der Waals surface area contributed by atoms with E-state index in [1.165, 1.54) is 0 Å². The predicted octanol–water partition coefficient (Wildman–Crippen LogP) is 2.63. The van der Waals surface area contributed by atoms with Crippen molar-refractivity contribution in [2.45, 2.75) is 30.8 Å². The number of hydrogen-bond donors (Lipinski definition) is 1. The Morgan fingerprint density at radius 1 is 1.11 bits per heavy atom. The van der Waals surface area contributed by atoms with E-state index < -0.39 is 6.10 Å². The molecule has 18 heavy (non-hydrogen) atoms. The molecule has 0 aliphatic heterocycles. The summed E-state index contributed by atoms with van der Waals surface area (Å²) in [5.41, 5.74) is 1.68. The molecule has 1 N–H and O–H groups in total. The van der Waals surface area contributed by atoms with Gasteiger partial charge in [-0.2, -0.15) is 0 Å². The molecule has 1 aliphatic rings. The smallest absolute Gasteiger partial charge is 0.106 e. The maximum Gasteiger partial charge on any atom is 0.106 e. The molecule has 2 heterocycles. The summed E-state index contributed by atoms with van der Waals surface area (Å²) in [6.07, 6.45) is 7.96. The van der Waals surface area contributed by atoms with Crippen LogP contribution in [0.25, 0.3) is 0 Å². The number of hydrogen-bond acceptors (Lipinski definition) is 3. The second-order valence-corrected chi connectivity index (χ2v) is 4.91. The van der Waals surface area contributed by atoms with Crippen LogP contribution in [0.15, 0.2) is 48.9 Å². The summed E-state index contributed by atoms with van der Waals surface area (Å²) in [5, 5.41) is 10.7. The summed E-state index contributed by atoms with van der Waals surface area (Å²) < 4.78 is 0. The Bertz CT molecular complexity index is 509. The van der Waals surface area contributed by atoms with Gasteiger partial charge in [-0.15, -0.1) is 0 Å². The van der Waals surface area contributed by atoms with Gasteiger partial charge in [-0.05, 0) is 36.6 Å². The van der Waals surface area contributed by atoms with Crippen LogP contribution in [0.1, 0.15) is 36.6 Å². The number of rotatable bonds is 3. The molecule has 2 aromatic rings. The molecule has 1 fully saturated rings. The summed E-state index contributed by atoms with van der Waals surface area (Å²) >= 11 is 0. The van der Waals surface area contributed by atoms with Crippen molar-refractivity contribution < 1.29 is 5.11 Å². The van der Waals surface area contributed by atoms with Gasteiger partial charge in [0.15, 0.2) is 0 Å². The molecule has 0 bridgehead atoms. The average Bonchev–Trinajstić information content (AvgIpc) is 2.40. The Labute approximate surface area is 107 Å². The fourth-order valence-corrected chi connectivity index (χ4v) is 2.76. The highest BCUT2D eigenvalue weighted by molar-refractivity contribution is 5.30. The first kappa shape index (κ1) is 11.4. The Balaban J connectivity index is 1.98. The Hall–Kier alpha value is -1.74. The van der Waals surface area contributed by atoms with E-state index in [9.17, 15) is 5.11 Å². The third kappa shape index (κ3) is 1.71. The fraction of sp³-hybridized carbons (Fsp3) is 0.333. The van der Waals surface area contributed by atoms with Gasteiger partial charge in [-0.1, -0.05) is 18.6 Å². The number of pyridine rings is 2. The van der Waals surface area contributed by atoms with E-state index in [1.807, 2.05) is 30.5 Å². The Morgan fingerprint density at radius 3 is 2.56 bits per heavy atom. The van der Waals surface area contributed by atoms with Gasteiger partial charge in [0.1, 0.15) is 6.10 Å². The lowest BCUT2D eigenvalue weighted by molar-refractivity contribution is 0.0236. The van der Waals surface area contributed by atoms with Crippen molar-refractivity contribution in [3.05, 3.63) is 60.2 Å². The van der Waals surface area contributed by atoms with E-state index in [1.54, 1.807) is 12.4 Å². The van der Waals surface area contributed by atoms with Crippen molar-refractivity contribution in [1.82, 2.24) is 9.97 Å². The molecule has 3 rings (SSSR count).